The van der Waals surface area contributed by atoms with E-state index in [0.29, 0.717) is 6.61 Å². The standard InChI is InChI=1S/C12H22O5/c1-7(13)9-10(17-12(4,5)16-9)8-6-14-11(2,3)15-8/h7-10,13H,6H2,1-5H3/t7-,8-,9+,10+/m1/s1. The fraction of sp³-hybridized carbons (Fsp3) is 1.00. The molecule has 2 heterocycles. The summed E-state index contributed by atoms with van der Waals surface area (Å²) < 4.78 is 22.8. The Bertz CT molecular complexity index is 287. The maximum Gasteiger partial charge on any atom is 0.164 e. The maximum absolute atomic E-state index is 9.74. The number of hydrogen-bond donors (Lipinski definition) is 1. The summed E-state index contributed by atoms with van der Waals surface area (Å²) in [6.45, 7) is 9.56. The van der Waals surface area contributed by atoms with E-state index in [9.17, 15) is 5.11 Å². The molecule has 0 aromatic heterocycles. The zero-order chi connectivity index (χ0) is 12.8. The Morgan fingerprint density at radius 3 is 2.18 bits per heavy atom. The van der Waals surface area contributed by atoms with Crippen LogP contribution < -0.4 is 0 Å². The zero-order valence-electron chi connectivity index (χ0n) is 11.1. The third-order valence-electron chi connectivity index (χ3n) is 3.04. The van der Waals surface area contributed by atoms with Crippen LogP contribution in [0.2, 0.25) is 0 Å². The molecule has 2 aliphatic rings. The van der Waals surface area contributed by atoms with Crippen molar-refractivity contribution in [3.8, 4) is 0 Å². The summed E-state index contributed by atoms with van der Waals surface area (Å²) >= 11 is 0. The van der Waals surface area contributed by atoms with Gasteiger partial charge in [-0.15, -0.1) is 0 Å². The predicted octanol–water partition coefficient (Wildman–Crippen LogP) is 1.04. The van der Waals surface area contributed by atoms with E-state index in [1.165, 1.54) is 0 Å². The maximum atomic E-state index is 9.74. The molecular weight excluding hydrogens is 224 g/mol. The first-order chi connectivity index (χ1) is 7.70. The smallest absolute Gasteiger partial charge is 0.164 e. The predicted molar refractivity (Wildman–Crippen MR) is 60.4 cm³/mol. The van der Waals surface area contributed by atoms with Gasteiger partial charge in [-0.25, -0.2) is 0 Å². The van der Waals surface area contributed by atoms with Gasteiger partial charge in [0.1, 0.15) is 18.3 Å². The summed E-state index contributed by atoms with van der Waals surface area (Å²) in [7, 11) is 0. The number of aliphatic hydroxyl groups excluding tert-OH is 1. The van der Waals surface area contributed by atoms with Crippen LogP contribution in [0.4, 0.5) is 0 Å². The highest BCUT2D eigenvalue weighted by Gasteiger charge is 2.51. The summed E-state index contributed by atoms with van der Waals surface area (Å²) in [5.74, 6) is -1.29. The lowest BCUT2D eigenvalue weighted by Crippen LogP contribution is -2.42. The van der Waals surface area contributed by atoms with Crippen molar-refractivity contribution in [2.45, 2.75) is 70.6 Å². The molecule has 5 nitrogen and oxygen atoms in total. The van der Waals surface area contributed by atoms with Gasteiger partial charge < -0.3 is 24.1 Å². The van der Waals surface area contributed by atoms with Gasteiger partial charge in [-0.2, -0.15) is 0 Å². The van der Waals surface area contributed by atoms with Crippen molar-refractivity contribution >= 4 is 0 Å². The third-order valence-corrected chi connectivity index (χ3v) is 3.04. The minimum atomic E-state index is -0.692. The van der Waals surface area contributed by atoms with Crippen LogP contribution in [0.5, 0.6) is 0 Å². The number of rotatable bonds is 2. The Hall–Kier alpha value is -0.200. The molecule has 0 radical (unpaired) electrons. The van der Waals surface area contributed by atoms with Gasteiger partial charge in [-0.05, 0) is 34.6 Å². The summed E-state index contributed by atoms with van der Waals surface area (Å²) in [6, 6.07) is 0. The minimum Gasteiger partial charge on any atom is -0.391 e. The number of aliphatic hydroxyl groups is 1. The van der Waals surface area contributed by atoms with Crippen LogP contribution in [0.25, 0.3) is 0 Å². The third kappa shape index (κ3) is 2.80. The van der Waals surface area contributed by atoms with Gasteiger partial charge in [0, 0.05) is 0 Å². The highest BCUT2D eigenvalue weighted by atomic mass is 16.8. The Balaban J connectivity index is 2.09. The van der Waals surface area contributed by atoms with E-state index in [0.717, 1.165) is 0 Å². The highest BCUT2D eigenvalue weighted by Crippen LogP contribution is 2.36. The van der Waals surface area contributed by atoms with E-state index in [4.69, 9.17) is 18.9 Å². The van der Waals surface area contributed by atoms with Crippen molar-refractivity contribution in [3.05, 3.63) is 0 Å². The van der Waals surface area contributed by atoms with Gasteiger partial charge in [0.2, 0.25) is 0 Å². The van der Waals surface area contributed by atoms with Crippen molar-refractivity contribution in [1.82, 2.24) is 0 Å². The van der Waals surface area contributed by atoms with Gasteiger partial charge in [-0.3, -0.25) is 0 Å². The Kier molecular flexibility index (Phi) is 3.25. The average Bonchev–Trinajstić information content (AvgIpc) is 2.66. The SMILES string of the molecule is C[C@@H](O)[C@@H]1OC(C)(C)O[C@H]1[C@H]1COC(C)(C)O1. The summed E-state index contributed by atoms with van der Waals surface area (Å²) in [5, 5.41) is 9.74. The fourth-order valence-corrected chi connectivity index (χ4v) is 2.36. The van der Waals surface area contributed by atoms with E-state index in [-0.39, 0.29) is 18.3 Å². The summed E-state index contributed by atoms with van der Waals surface area (Å²) in [5.41, 5.74) is 0. The monoisotopic (exact) mass is 246 g/mol. The molecule has 0 amide bonds. The molecule has 4 atom stereocenters. The largest absolute Gasteiger partial charge is 0.391 e. The van der Waals surface area contributed by atoms with E-state index in [1.807, 2.05) is 27.7 Å². The lowest BCUT2D eigenvalue weighted by Gasteiger charge is -2.24. The Morgan fingerprint density at radius 2 is 1.71 bits per heavy atom. The van der Waals surface area contributed by atoms with E-state index < -0.39 is 17.7 Å². The molecule has 0 aromatic carbocycles. The van der Waals surface area contributed by atoms with Gasteiger partial charge >= 0.3 is 0 Å². The van der Waals surface area contributed by atoms with Crippen LogP contribution in [-0.4, -0.2) is 47.7 Å². The lowest BCUT2D eigenvalue weighted by molar-refractivity contribution is -0.175. The molecule has 2 fully saturated rings. The van der Waals surface area contributed by atoms with Crippen molar-refractivity contribution < 1.29 is 24.1 Å². The highest BCUT2D eigenvalue weighted by molar-refractivity contribution is 4.92. The molecule has 2 rings (SSSR count). The van der Waals surface area contributed by atoms with Crippen LogP contribution in [0, 0.1) is 0 Å². The Morgan fingerprint density at radius 1 is 1.06 bits per heavy atom. The van der Waals surface area contributed by atoms with E-state index in [2.05, 4.69) is 0 Å². The van der Waals surface area contributed by atoms with Crippen LogP contribution in [0.1, 0.15) is 34.6 Å². The van der Waals surface area contributed by atoms with Crippen molar-refractivity contribution in [1.29, 1.82) is 0 Å². The molecule has 100 valence electrons. The van der Waals surface area contributed by atoms with Crippen LogP contribution in [-0.2, 0) is 18.9 Å². The lowest BCUT2D eigenvalue weighted by atomic mass is 10.0. The quantitative estimate of drug-likeness (QED) is 0.789. The van der Waals surface area contributed by atoms with Crippen molar-refractivity contribution in [2.75, 3.05) is 6.61 Å². The molecular formula is C12H22O5. The van der Waals surface area contributed by atoms with Crippen molar-refractivity contribution in [2.24, 2.45) is 0 Å². The molecule has 0 aromatic rings. The van der Waals surface area contributed by atoms with Gasteiger partial charge in [-0.1, -0.05) is 0 Å². The summed E-state index contributed by atoms with van der Waals surface area (Å²) in [6.07, 6.45) is -1.49. The average molecular weight is 246 g/mol. The first-order valence-corrected chi connectivity index (χ1v) is 6.06. The molecule has 2 aliphatic heterocycles. The molecule has 0 saturated carbocycles. The minimum absolute atomic E-state index is 0.202. The molecule has 0 aliphatic carbocycles. The van der Waals surface area contributed by atoms with E-state index >= 15 is 0 Å². The number of ether oxygens (including phenoxy) is 4. The van der Waals surface area contributed by atoms with E-state index in [1.54, 1.807) is 6.92 Å². The Labute approximate surface area is 102 Å². The molecule has 17 heavy (non-hydrogen) atoms. The molecule has 2 saturated heterocycles. The number of hydrogen-bond acceptors (Lipinski definition) is 5. The molecule has 0 unspecified atom stereocenters. The summed E-state index contributed by atoms with van der Waals surface area (Å²) in [4.78, 5) is 0. The van der Waals surface area contributed by atoms with Gasteiger partial charge in [0.15, 0.2) is 11.6 Å². The fourth-order valence-electron chi connectivity index (χ4n) is 2.36. The second kappa shape index (κ2) is 4.17. The molecule has 1 N–H and O–H groups in total. The molecule has 0 bridgehead atoms. The first-order valence-electron chi connectivity index (χ1n) is 6.06. The van der Waals surface area contributed by atoms with Crippen molar-refractivity contribution in [3.63, 3.8) is 0 Å². The van der Waals surface area contributed by atoms with Crippen LogP contribution in [0.15, 0.2) is 0 Å². The second-order valence-electron chi connectivity index (χ2n) is 5.67. The molecule has 0 spiro atoms. The van der Waals surface area contributed by atoms with Gasteiger partial charge in [0.25, 0.3) is 0 Å². The van der Waals surface area contributed by atoms with Crippen LogP contribution in [0.3, 0.4) is 0 Å². The van der Waals surface area contributed by atoms with Crippen LogP contribution >= 0.6 is 0 Å². The normalized spacial score (nSPS) is 41.6. The first kappa shape index (κ1) is 13.2. The zero-order valence-corrected chi connectivity index (χ0v) is 11.1. The molecule has 5 heteroatoms. The van der Waals surface area contributed by atoms with Gasteiger partial charge in [0.05, 0.1) is 12.7 Å². The topological polar surface area (TPSA) is 57.2 Å². The second-order valence-corrected chi connectivity index (χ2v) is 5.67.